The van der Waals surface area contributed by atoms with Crippen LogP contribution in [0.2, 0.25) is 0 Å². The van der Waals surface area contributed by atoms with Gasteiger partial charge in [0.05, 0.1) is 5.92 Å². The number of carbonyl (C=O) groups is 1. The van der Waals surface area contributed by atoms with Crippen molar-refractivity contribution in [1.82, 2.24) is 5.32 Å². The molecule has 0 aromatic rings. The number of amides is 1. The van der Waals surface area contributed by atoms with Crippen LogP contribution in [0.3, 0.4) is 0 Å². The number of rotatable bonds is 4. The fourth-order valence-corrected chi connectivity index (χ4v) is 1.22. The fraction of sp³-hybridized carbons (Fsp3) is 0.917. The van der Waals surface area contributed by atoms with Crippen molar-refractivity contribution >= 4 is 5.91 Å². The summed E-state index contributed by atoms with van der Waals surface area (Å²) in [5.74, 6) is 0.298. The highest BCUT2D eigenvalue weighted by atomic mass is 16.2. The van der Waals surface area contributed by atoms with Crippen LogP contribution in [0.4, 0.5) is 0 Å². The number of hydrogen-bond donors (Lipinski definition) is 2. The average molecular weight is 214 g/mol. The van der Waals surface area contributed by atoms with Crippen molar-refractivity contribution in [3.05, 3.63) is 0 Å². The average Bonchev–Trinajstić information content (AvgIpc) is 2.02. The van der Waals surface area contributed by atoms with Crippen molar-refractivity contribution < 1.29 is 4.79 Å². The summed E-state index contributed by atoms with van der Waals surface area (Å²) >= 11 is 0. The zero-order valence-corrected chi connectivity index (χ0v) is 10.9. The first-order chi connectivity index (χ1) is 6.70. The Morgan fingerprint density at radius 2 is 1.73 bits per heavy atom. The van der Waals surface area contributed by atoms with Gasteiger partial charge < -0.3 is 11.1 Å². The highest BCUT2D eigenvalue weighted by Crippen LogP contribution is 2.19. The monoisotopic (exact) mass is 214 g/mol. The van der Waals surface area contributed by atoms with Gasteiger partial charge in [-0.15, -0.1) is 0 Å². The largest absolute Gasteiger partial charge is 0.353 e. The van der Waals surface area contributed by atoms with E-state index in [2.05, 4.69) is 26.1 Å². The summed E-state index contributed by atoms with van der Waals surface area (Å²) in [4.78, 5) is 11.9. The van der Waals surface area contributed by atoms with Gasteiger partial charge in [-0.05, 0) is 18.3 Å². The summed E-state index contributed by atoms with van der Waals surface area (Å²) in [6.07, 6.45) is 0. The van der Waals surface area contributed by atoms with Crippen LogP contribution < -0.4 is 11.1 Å². The molecular formula is C12H26N2O. The molecule has 0 bridgehead atoms. The van der Waals surface area contributed by atoms with E-state index in [1.54, 1.807) is 0 Å². The second-order valence-electron chi connectivity index (χ2n) is 5.68. The van der Waals surface area contributed by atoms with Crippen LogP contribution in [0, 0.1) is 17.3 Å². The van der Waals surface area contributed by atoms with Gasteiger partial charge in [-0.3, -0.25) is 4.79 Å². The molecule has 0 fully saturated rings. The van der Waals surface area contributed by atoms with E-state index in [9.17, 15) is 4.79 Å². The van der Waals surface area contributed by atoms with Gasteiger partial charge in [0.25, 0.3) is 0 Å². The molecule has 0 aliphatic rings. The van der Waals surface area contributed by atoms with Gasteiger partial charge in [0, 0.05) is 12.6 Å². The first-order valence-corrected chi connectivity index (χ1v) is 5.70. The zero-order chi connectivity index (χ0) is 12.2. The number of carbonyl (C=O) groups excluding carboxylic acids is 1. The summed E-state index contributed by atoms with van der Waals surface area (Å²) < 4.78 is 0. The maximum atomic E-state index is 11.9. The minimum Gasteiger partial charge on any atom is -0.353 e. The molecule has 0 saturated carbocycles. The second kappa shape index (κ2) is 5.50. The second-order valence-corrected chi connectivity index (χ2v) is 5.68. The van der Waals surface area contributed by atoms with E-state index in [1.807, 2.05) is 20.8 Å². The molecule has 1 amide bonds. The van der Waals surface area contributed by atoms with Gasteiger partial charge in [-0.2, -0.15) is 0 Å². The van der Waals surface area contributed by atoms with Gasteiger partial charge in [-0.25, -0.2) is 0 Å². The summed E-state index contributed by atoms with van der Waals surface area (Å²) in [5, 5.41) is 3.03. The maximum Gasteiger partial charge on any atom is 0.224 e. The van der Waals surface area contributed by atoms with Crippen LogP contribution in [-0.4, -0.2) is 18.5 Å². The number of nitrogens with one attached hydrogen (secondary N) is 1. The molecule has 3 heteroatoms. The van der Waals surface area contributed by atoms with Crippen LogP contribution in [0.15, 0.2) is 0 Å². The standard InChI is InChI=1S/C12H26N2O/c1-8(2)10(7-13)11(15)14-9(3)12(4,5)6/h8-10H,7,13H2,1-6H3,(H,14,15). The van der Waals surface area contributed by atoms with Crippen LogP contribution in [0.25, 0.3) is 0 Å². The molecule has 0 aromatic carbocycles. The fourth-order valence-electron chi connectivity index (χ4n) is 1.22. The number of nitrogens with two attached hydrogens (primary N) is 1. The quantitative estimate of drug-likeness (QED) is 0.749. The Kier molecular flexibility index (Phi) is 5.29. The van der Waals surface area contributed by atoms with Crippen molar-refractivity contribution in [1.29, 1.82) is 0 Å². The Labute approximate surface area is 93.8 Å². The van der Waals surface area contributed by atoms with Crippen LogP contribution in [0.5, 0.6) is 0 Å². The molecule has 0 aromatic heterocycles. The summed E-state index contributed by atoms with van der Waals surface area (Å²) in [5.41, 5.74) is 5.69. The van der Waals surface area contributed by atoms with Gasteiger partial charge >= 0.3 is 0 Å². The third-order valence-corrected chi connectivity index (χ3v) is 3.05. The van der Waals surface area contributed by atoms with Crippen LogP contribution in [0.1, 0.15) is 41.5 Å². The van der Waals surface area contributed by atoms with Crippen LogP contribution in [-0.2, 0) is 4.79 Å². The predicted molar refractivity (Wildman–Crippen MR) is 64.4 cm³/mol. The summed E-state index contributed by atoms with van der Waals surface area (Å²) in [6.45, 7) is 12.9. The lowest BCUT2D eigenvalue weighted by Gasteiger charge is -2.30. The molecule has 0 heterocycles. The molecule has 0 aliphatic carbocycles. The van der Waals surface area contributed by atoms with Gasteiger partial charge in [0.1, 0.15) is 0 Å². The smallest absolute Gasteiger partial charge is 0.224 e. The molecule has 3 N–H and O–H groups in total. The van der Waals surface area contributed by atoms with E-state index >= 15 is 0 Å². The molecule has 0 rings (SSSR count). The first kappa shape index (κ1) is 14.4. The van der Waals surface area contributed by atoms with Crippen LogP contribution >= 0.6 is 0 Å². The topological polar surface area (TPSA) is 55.1 Å². The minimum atomic E-state index is -0.0743. The SMILES string of the molecule is CC(C)C(CN)C(=O)NC(C)C(C)(C)C. The van der Waals surface area contributed by atoms with Crippen molar-refractivity contribution in [3.63, 3.8) is 0 Å². The molecule has 2 atom stereocenters. The Hall–Kier alpha value is -0.570. The van der Waals surface area contributed by atoms with Gasteiger partial charge in [0.15, 0.2) is 0 Å². The van der Waals surface area contributed by atoms with E-state index < -0.39 is 0 Å². The summed E-state index contributed by atoms with van der Waals surface area (Å²) in [6, 6.07) is 0.165. The molecular weight excluding hydrogens is 188 g/mol. The van der Waals surface area contributed by atoms with E-state index in [0.717, 1.165) is 0 Å². The van der Waals surface area contributed by atoms with E-state index in [1.165, 1.54) is 0 Å². The third-order valence-electron chi connectivity index (χ3n) is 3.05. The zero-order valence-electron chi connectivity index (χ0n) is 10.9. The normalized spacial score (nSPS) is 16.3. The lowest BCUT2D eigenvalue weighted by Crippen LogP contribution is -2.46. The predicted octanol–water partition coefficient (Wildman–Crippen LogP) is 1.77. The van der Waals surface area contributed by atoms with Gasteiger partial charge in [0.2, 0.25) is 5.91 Å². The first-order valence-electron chi connectivity index (χ1n) is 5.70. The van der Waals surface area contributed by atoms with E-state index in [4.69, 9.17) is 5.73 Å². The molecule has 3 nitrogen and oxygen atoms in total. The Bertz CT molecular complexity index is 206. The number of hydrogen-bond acceptors (Lipinski definition) is 2. The molecule has 0 saturated heterocycles. The Morgan fingerprint density at radius 3 is 2.00 bits per heavy atom. The lowest BCUT2D eigenvalue weighted by atomic mass is 9.87. The molecule has 90 valence electrons. The minimum absolute atomic E-state index is 0.0743. The Balaban J connectivity index is 4.35. The molecule has 0 aliphatic heterocycles. The van der Waals surface area contributed by atoms with Crippen molar-refractivity contribution in [2.45, 2.75) is 47.6 Å². The molecule has 15 heavy (non-hydrogen) atoms. The van der Waals surface area contributed by atoms with Crippen molar-refractivity contribution in [2.24, 2.45) is 23.0 Å². The molecule has 2 unspecified atom stereocenters. The maximum absolute atomic E-state index is 11.9. The lowest BCUT2D eigenvalue weighted by molar-refractivity contribution is -0.127. The highest BCUT2D eigenvalue weighted by molar-refractivity contribution is 5.79. The third kappa shape index (κ3) is 4.65. The van der Waals surface area contributed by atoms with Crippen molar-refractivity contribution in [3.8, 4) is 0 Å². The molecule has 0 spiro atoms. The summed E-state index contributed by atoms with van der Waals surface area (Å²) in [7, 11) is 0. The Morgan fingerprint density at radius 1 is 1.27 bits per heavy atom. The van der Waals surface area contributed by atoms with E-state index in [-0.39, 0.29) is 23.3 Å². The van der Waals surface area contributed by atoms with Crippen molar-refractivity contribution in [2.75, 3.05) is 6.54 Å². The highest BCUT2D eigenvalue weighted by Gasteiger charge is 2.26. The molecule has 0 radical (unpaired) electrons. The van der Waals surface area contributed by atoms with E-state index in [0.29, 0.717) is 12.5 Å². The van der Waals surface area contributed by atoms with Gasteiger partial charge in [-0.1, -0.05) is 34.6 Å².